The van der Waals surface area contributed by atoms with E-state index in [-0.39, 0.29) is 11.9 Å². The van der Waals surface area contributed by atoms with Crippen molar-refractivity contribution in [3.63, 3.8) is 0 Å². The van der Waals surface area contributed by atoms with Crippen molar-refractivity contribution in [3.05, 3.63) is 24.0 Å². The van der Waals surface area contributed by atoms with Crippen molar-refractivity contribution in [2.24, 2.45) is 0 Å². The molecule has 2 rings (SSSR count). The molecule has 1 atom stereocenters. The van der Waals surface area contributed by atoms with E-state index in [9.17, 15) is 4.79 Å². The van der Waals surface area contributed by atoms with Crippen molar-refractivity contribution in [1.29, 1.82) is 0 Å². The molecule has 112 valence electrons. The SMILES string of the molecule is CCCNC(C)c1cccn1CC(=O)N(CC)C1CC1. The van der Waals surface area contributed by atoms with Gasteiger partial charge in [-0.3, -0.25) is 4.79 Å². The van der Waals surface area contributed by atoms with E-state index in [1.807, 2.05) is 17.2 Å². The molecule has 0 spiro atoms. The smallest absolute Gasteiger partial charge is 0.242 e. The van der Waals surface area contributed by atoms with Crippen LogP contribution in [0.5, 0.6) is 0 Å². The second-order valence-corrected chi connectivity index (χ2v) is 5.65. The highest BCUT2D eigenvalue weighted by Gasteiger charge is 2.31. The molecule has 4 heteroatoms. The standard InChI is InChI=1S/C16H27N3O/c1-4-10-17-13(3)15-7-6-11-18(15)12-16(20)19(5-2)14-8-9-14/h6-7,11,13-14,17H,4-5,8-10,12H2,1-3H3. The number of hydrogen-bond donors (Lipinski definition) is 1. The molecule has 1 aliphatic carbocycles. The fourth-order valence-electron chi connectivity index (χ4n) is 2.69. The normalized spacial score (nSPS) is 16.1. The average Bonchev–Trinajstić information content (AvgIpc) is 3.16. The predicted octanol–water partition coefficient (Wildman–Crippen LogP) is 2.56. The number of carbonyl (C=O) groups excluding carboxylic acids is 1. The number of carbonyl (C=O) groups is 1. The third-order valence-electron chi connectivity index (χ3n) is 3.96. The fourth-order valence-corrected chi connectivity index (χ4v) is 2.69. The summed E-state index contributed by atoms with van der Waals surface area (Å²) in [5.74, 6) is 0.246. The van der Waals surface area contributed by atoms with E-state index in [0.717, 1.165) is 19.5 Å². The van der Waals surface area contributed by atoms with Crippen LogP contribution in [0.2, 0.25) is 0 Å². The molecule has 1 unspecified atom stereocenters. The molecule has 0 aromatic carbocycles. The number of likely N-dealkylation sites (N-methyl/N-ethyl adjacent to an activating group) is 1. The Morgan fingerprint density at radius 2 is 2.25 bits per heavy atom. The van der Waals surface area contributed by atoms with E-state index in [1.165, 1.54) is 18.5 Å². The van der Waals surface area contributed by atoms with Crippen LogP contribution in [-0.4, -0.2) is 34.5 Å². The van der Waals surface area contributed by atoms with Crippen LogP contribution < -0.4 is 5.32 Å². The van der Waals surface area contributed by atoms with Gasteiger partial charge in [0.2, 0.25) is 5.91 Å². The molecule has 4 nitrogen and oxygen atoms in total. The van der Waals surface area contributed by atoms with Crippen LogP contribution in [-0.2, 0) is 11.3 Å². The molecule has 20 heavy (non-hydrogen) atoms. The zero-order chi connectivity index (χ0) is 14.5. The Hall–Kier alpha value is -1.29. The first-order valence-corrected chi connectivity index (χ1v) is 7.85. The summed E-state index contributed by atoms with van der Waals surface area (Å²) in [6.45, 7) is 8.68. The maximum Gasteiger partial charge on any atom is 0.242 e. The summed E-state index contributed by atoms with van der Waals surface area (Å²) in [6, 6.07) is 4.92. The number of nitrogens with one attached hydrogen (secondary N) is 1. The number of rotatable bonds is 8. The van der Waals surface area contributed by atoms with Gasteiger partial charge in [0, 0.05) is 30.5 Å². The highest BCUT2D eigenvalue weighted by Crippen LogP contribution is 2.27. The number of hydrogen-bond acceptors (Lipinski definition) is 2. The average molecular weight is 277 g/mol. The van der Waals surface area contributed by atoms with Crippen molar-refractivity contribution in [2.45, 2.75) is 58.7 Å². The second-order valence-electron chi connectivity index (χ2n) is 5.65. The Bertz CT molecular complexity index is 437. The molecule has 1 saturated carbocycles. The monoisotopic (exact) mass is 277 g/mol. The Morgan fingerprint density at radius 3 is 2.85 bits per heavy atom. The molecule has 1 N–H and O–H groups in total. The van der Waals surface area contributed by atoms with Gasteiger partial charge in [-0.2, -0.15) is 0 Å². The summed E-state index contributed by atoms with van der Waals surface area (Å²) in [6.07, 6.45) is 5.48. The van der Waals surface area contributed by atoms with Crippen LogP contribution in [0.15, 0.2) is 18.3 Å². The van der Waals surface area contributed by atoms with E-state index < -0.39 is 0 Å². The van der Waals surface area contributed by atoms with Gasteiger partial charge in [0.25, 0.3) is 0 Å². The number of aromatic nitrogens is 1. The van der Waals surface area contributed by atoms with E-state index in [1.54, 1.807) is 0 Å². The first-order valence-electron chi connectivity index (χ1n) is 7.85. The van der Waals surface area contributed by atoms with Gasteiger partial charge in [0.05, 0.1) is 0 Å². The lowest BCUT2D eigenvalue weighted by molar-refractivity contribution is -0.132. The third-order valence-corrected chi connectivity index (χ3v) is 3.96. The third kappa shape index (κ3) is 3.63. The largest absolute Gasteiger partial charge is 0.341 e. The van der Waals surface area contributed by atoms with Gasteiger partial charge in [-0.25, -0.2) is 0 Å². The molecule has 1 aromatic heterocycles. The van der Waals surface area contributed by atoms with Gasteiger partial charge in [0.1, 0.15) is 6.54 Å². The highest BCUT2D eigenvalue weighted by molar-refractivity contribution is 5.76. The molecule has 0 saturated heterocycles. The van der Waals surface area contributed by atoms with Crippen LogP contribution in [0, 0.1) is 0 Å². The van der Waals surface area contributed by atoms with Gasteiger partial charge in [-0.05, 0) is 51.8 Å². The molecule has 1 amide bonds. The van der Waals surface area contributed by atoms with Crippen molar-refractivity contribution in [2.75, 3.05) is 13.1 Å². The Balaban J connectivity index is 1.98. The summed E-state index contributed by atoms with van der Waals surface area (Å²) < 4.78 is 2.08. The van der Waals surface area contributed by atoms with Crippen LogP contribution in [0.25, 0.3) is 0 Å². The quantitative estimate of drug-likeness (QED) is 0.793. The lowest BCUT2D eigenvalue weighted by Crippen LogP contribution is -2.36. The van der Waals surface area contributed by atoms with Crippen molar-refractivity contribution in [3.8, 4) is 0 Å². The fraction of sp³-hybridized carbons (Fsp3) is 0.688. The van der Waals surface area contributed by atoms with E-state index in [2.05, 4.69) is 36.7 Å². The Morgan fingerprint density at radius 1 is 1.50 bits per heavy atom. The highest BCUT2D eigenvalue weighted by atomic mass is 16.2. The van der Waals surface area contributed by atoms with Gasteiger partial charge < -0.3 is 14.8 Å². The lowest BCUT2D eigenvalue weighted by atomic mass is 10.2. The molecular formula is C16H27N3O. The minimum absolute atomic E-state index is 0.246. The summed E-state index contributed by atoms with van der Waals surface area (Å²) >= 11 is 0. The van der Waals surface area contributed by atoms with Crippen molar-refractivity contribution in [1.82, 2.24) is 14.8 Å². The number of amides is 1. The van der Waals surface area contributed by atoms with Crippen LogP contribution in [0.3, 0.4) is 0 Å². The predicted molar refractivity (Wildman–Crippen MR) is 81.5 cm³/mol. The topological polar surface area (TPSA) is 37.3 Å². The minimum Gasteiger partial charge on any atom is -0.341 e. The van der Waals surface area contributed by atoms with Crippen LogP contribution in [0.4, 0.5) is 0 Å². The molecule has 1 fully saturated rings. The first kappa shape index (κ1) is 15.1. The molecule has 0 aliphatic heterocycles. The Kier molecular flexibility index (Phi) is 5.24. The summed E-state index contributed by atoms with van der Waals surface area (Å²) in [5.41, 5.74) is 1.19. The van der Waals surface area contributed by atoms with Crippen LogP contribution in [0.1, 0.15) is 51.8 Å². The molecule has 0 radical (unpaired) electrons. The van der Waals surface area contributed by atoms with Gasteiger partial charge in [0.15, 0.2) is 0 Å². The van der Waals surface area contributed by atoms with Gasteiger partial charge in [-0.15, -0.1) is 0 Å². The summed E-state index contributed by atoms with van der Waals surface area (Å²) in [4.78, 5) is 14.4. The second kappa shape index (κ2) is 6.93. The summed E-state index contributed by atoms with van der Waals surface area (Å²) in [7, 11) is 0. The molecule has 1 aromatic rings. The lowest BCUT2D eigenvalue weighted by Gasteiger charge is -2.22. The molecule has 0 bridgehead atoms. The van der Waals surface area contributed by atoms with Gasteiger partial charge in [-0.1, -0.05) is 6.92 Å². The number of nitrogens with zero attached hydrogens (tertiary/aromatic N) is 2. The van der Waals surface area contributed by atoms with E-state index in [0.29, 0.717) is 12.6 Å². The van der Waals surface area contributed by atoms with Crippen LogP contribution >= 0.6 is 0 Å². The molecule has 1 aliphatic rings. The van der Waals surface area contributed by atoms with E-state index in [4.69, 9.17) is 0 Å². The van der Waals surface area contributed by atoms with Gasteiger partial charge >= 0.3 is 0 Å². The zero-order valence-corrected chi connectivity index (χ0v) is 12.9. The zero-order valence-electron chi connectivity index (χ0n) is 12.9. The maximum atomic E-state index is 12.4. The minimum atomic E-state index is 0.246. The maximum absolute atomic E-state index is 12.4. The molecular weight excluding hydrogens is 250 g/mol. The van der Waals surface area contributed by atoms with E-state index >= 15 is 0 Å². The van der Waals surface area contributed by atoms with Crippen molar-refractivity contribution < 1.29 is 4.79 Å². The molecule has 1 heterocycles. The Labute approximate surface area is 122 Å². The summed E-state index contributed by atoms with van der Waals surface area (Å²) in [5, 5.41) is 3.48. The first-order chi connectivity index (χ1) is 9.67. The van der Waals surface area contributed by atoms with Crippen molar-refractivity contribution >= 4 is 5.91 Å².